The molecule has 1 atom stereocenters. The van der Waals surface area contributed by atoms with Gasteiger partial charge in [-0.15, -0.1) is 0 Å². The van der Waals surface area contributed by atoms with Crippen molar-refractivity contribution >= 4 is 5.91 Å². The SMILES string of the molecule is O=C(Cn1ccc(C2CCCNC2)n1)NCc1ccccc1C(F)(F)F. The second-order valence-electron chi connectivity index (χ2n) is 6.41. The van der Waals surface area contributed by atoms with E-state index >= 15 is 0 Å². The van der Waals surface area contributed by atoms with Crippen molar-refractivity contribution in [1.82, 2.24) is 20.4 Å². The maximum Gasteiger partial charge on any atom is 0.416 e. The summed E-state index contributed by atoms with van der Waals surface area (Å²) in [5.41, 5.74) is 0.252. The molecule has 1 saturated heterocycles. The Hall–Kier alpha value is -2.35. The van der Waals surface area contributed by atoms with Gasteiger partial charge >= 0.3 is 6.18 Å². The van der Waals surface area contributed by atoms with Crippen LogP contribution in [0.15, 0.2) is 36.5 Å². The first-order valence-corrected chi connectivity index (χ1v) is 8.59. The van der Waals surface area contributed by atoms with Crippen molar-refractivity contribution in [1.29, 1.82) is 0 Å². The molecule has 1 aromatic carbocycles. The van der Waals surface area contributed by atoms with E-state index in [0.29, 0.717) is 5.92 Å². The number of carbonyl (C=O) groups excluding carboxylic acids is 1. The van der Waals surface area contributed by atoms with Crippen LogP contribution in [0.3, 0.4) is 0 Å². The van der Waals surface area contributed by atoms with Crippen LogP contribution in [0.25, 0.3) is 0 Å². The molecule has 2 aromatic rings. The first-order valence-electron chi connectivity index (χ1n) is 8.59. The lowest BCUT2D eigenvalue weighted by atomic mass is 9.97. The van der Waals surface area contributed by atoms with Crippen LogP contribution in [-0.4, -0.2) is 28.8 Å². The molecular weight excluding hydrogens is 345 g/mol. The lowest BCUT2D eigenvalue weighted by Gasteiger charge is -2.20. The summed E-state index contributed by atoms with van der Waals surface area (Å²) in [6.07, 6.45) is -0.555. The fraction of sp³-hybridized carbons (Fsp3) is 0.444. The Bertz CT molecular complexity index is 751. The van der Waals surface area contributed by atoms with Crippen molar-refractivity contribution in [2.75, 3.05) is 13.1 Å². The van der Waals surface area contributed by atoms with Gasteiger partial charge in [-0.2, -0.15) is 18.3 Å². The number of carbonyl (C=O) groups is 1. The van der Waals surface area contributed by atoms with Crippen LogP contribution in [0.4, 0.5) is 13.2 Å². The number of rotatable bonds is 5. The Morgan fingerprint density at radius 1 is 1.31 bits per heavy atom. The number of hydrogen-bond donors (Lipinski definition) is 2. The lowest BCUT2D eigenvalue weighted by molar-refractivity contribution is -0.138. The lowest BCUT2D eigenvalue weighted by Crippen LogP contribution is -2.29. The summed E-state index contributed by atoms with van der Waals surface area (Å²) in [7, 11) is 0. The number of amides is 1. The maximum absolute atomic E-state index is 13.0. The van der Waals surface area contributed by atoms with E-state index in [-0.39, 0.29) is 24.6 Å². The quantitative estimate of drug-likeness (QED) is 0.855. The Balaban J connectivity index is 1.56. The van der Waals surface area contributed by atoms with Crippen LogP contribution in [0.2, 0.25) is 0 Å². The molecule has 3 rings (SSSR count). The van der Waals surface area contributed by atoms with Gasteiger partial charge in [0.2, 0.25) is 5.91 Å². The molecule has 1 amide bonds. The van der Waals surface area contributed by atoms with Crippen LogP contribution >= 0.6 is 0 Å². The second-order valence-corrected chi connectivity index (χ2v) is 6.41. The zero-order valence-electron chi connectivity index (χ0n) is 14.2. The minimum absolute atomic E-state index is 0.0195. The molecule has 0 aliphatic carbocycles. The van der Waals surface area contributed by atoms with Crippen LogP contribution < -0.4 is 10.6 Å². The second kappa shape index (κ2) is 7.90. The molecule has 0 saturated carbocycles. The zero-order valence-corrected chi connectivity index (χ0v) is 14.2. The number of nitrogens with zero attached hydrogens (tertiary/aromatic N) is 2. The number of halogens is 3. The van der Waals surface area contributed by atoms with E-state index in [2.05, 4.69) is 15.7 Å². The molecule has 1 aliphatic heterocycles. The molecule has 2 heterocycles. The summed E-state index contributed by atoms with van der Waals surface area (Å²) < 4.78 is 40.4. The molecule has 0 spiro atoms. The van der Waals surface area contributed by atoms with Gasteiger partial charge in [0.1, 0.15) is 6.54 Å². The Kier molecular flexibility index (Phi) is 5.61. The molecular formula is C18H21F3N4O. The van der Waals surface area contributed by atoms with Crippen LogP contribution in [0, 0.1) is 0 Å². The minimum Gasteiger partial charge on any atom is -0.350 e. The van der Waals surface area contributed by atoms with Gasteiger partial charge in [0.15, 0.2) is 0 Å². The van der Waals surface area contributed by atoms with Crippen molar-refractivity contribution in [3.8, 4) is 0 Å². The third kappa shape index (κ3) is 4.63. The van der Waals surface area contributed by atoms with Gasteiger partial charge in [0, 0.05) is 25.2 Å². The number of hydrogen-bond acceptors (Lipinski definition) is 3. The molecule has 8 heteroatoms. The molecule has 1 aliphatic rings. The standard InChI is InChI=1S/C18H21F3N4O/c19-18(20,21)15-6-2-1-4-13(15)11-23-17(26)12-25-9-7-16(24-25)14-5-3-8-22-10-14/h1-2,4,6-7,9,14,22H,3,5,8,10-12H2,(H,23,26). The van der Waals surface area contributed by atoms with E-state index in [0.717, 1.165) is 37.7 Å². The highest BCUT2D eigenvalue weighted by Crippen LogP contribution is 2.31. The maximum atomic E-state index is 13.0. The third-order valence-corrected chi connectivity index (χ3v) is 4.48. The molecule has 1 unspecified atom stereocenters. The number of alkyl halides is 3. The summed E-state index contributed by atoms with van der Waals surface area (Å²) >= 11 is 0. The highest BCUT2D eigenvalue weighted by molar-refractivity contribution is 5.75. The fourth-order valence-electron chi connectivity index (χ4n) is 3.14. The fourth-order valence-corrected chi connectivity index (χ4v) is 3.14. The normalized spacial score (nSPS) is 17.9. The predicted octanol–water partition coefficient (Wildman–Crippen LogP) is 2.69. The van der Waals surface area contributed by atoms with Crippen molar-refractivity contribution in [2.24, 2.45) is 0 Å². The highest BCUT2D eigenvalue weighted by Gasteiger charge is 2.32. The highest BCUT2D eigenvalue weighted by atomic mass is 19.4. The first kappa shape index (κ1) is 18.4. The molecule has 140 valence electrons. The van der Waals surface area contributed by atoms with E-state index in [4.69, 9.17) is 0 Å². The van der Waals surface area contributed by atoms with E-state index in [1.807, 2.05) is 6.07 Å². The number of piperidine rings is 1. The average Bonchev–Trinajstić information content (AvgIpc) is 3.09. The third-order valence-electron chi connectivity index (χ3n) is 4.48. The van der Waals surface area contributed by atoms with Gasteiger partial charge in [-0.3, -0.25) is 9.48 Å². The van der Waals surface area contributed by atoms with E-state index in [1.54, 1.807) is 6.20 Å². The molecule has 26 heavy (non-hydrogen) atoms. The molecule has 1 aromatic heterocycles. The Morgan fingerprint density at radius 2 is 2.12 bits per heavy atom. The monoisotopic (exact) mass is 366 g/mol. The smallest absolute Gasteiger partial charge is 0.350 e. The molecule has 0 bridgehead atoms. The summed E-state index contributed by atoms with van der Waals surface area (Å²) in [6.45, 7) is 1.69. The molecule has 5 nitrogen and oxygen atoms in total. The van der Waals surface area contributed by atoms with Crippen LogP contribution in [0.1, 0.15) is 35.6 Å². The predicted molar refractivity (Wildman–Crippen MR) is 90.4 cm³/mol. The van der Waals surface area contributed by atoms with Crippen molar-refractivity contribution in [3.63, 3.8) is 0 Å². The van der Waals surface area contributed by atoms with Crippen LogP contribution in [0.5, 0.6) is 0 Å². The summed E-state index contributed by atoms with van der Waals surface area (Å²) in [5.74, 6) is -0.0369. The van der Waals surface area contributed by atoms with Gasteiger partial charge in [-0.25, -0.2) is 0 Å². The largest absolute Gasteiger partial charge is 0.416 e. The van der Waals surface area contributed by atoms with Gasteiger partial charge < -0.3 is 10.6 Å². The number of nitrogens with one attached hydrogen (secondary N) is 2. The molecule has 1 fully saturated rings. The average molecular weight is 366 g/mol. The van der Waals surface area contributed by atoms with E-state index in [1.165, 1.54) is 22.9 Å². The van der Waals surface area contributed by atoms with Gasteiger partial charge in [-0.05, 0) is 37.1 Å². The van der Waals surface area contributed by atoms with E-state index < -0.39 is 11.7 Å². The summed E-state index contributed by atoms with van der Waals surface area (Å²) in [6, 6.07) is 7.13. The van der Waals surface area contributed by atoms with E-state index in [9.17, 15) is 18.0 Å². The number of aromatic nitrogens is 2. The molecule has 0 radical (unpaired) electrons. The summed E-state index contributed by atoms with van der Waals surface area (Å²) in [4.78, 5) is 12.1. The molecule has 2 N–H and O–H groups in total. The Morgan fingerprint density at radius 3 is 2.85 bits per heavy atom. The number of benzene rings is 1. The first-order chi connectivity index (χ1) is 12.4. The van der Waals surface area contributed by atoms with Gasteiger partial charge in [-0.1, -0.05) is 18.2 Å². The van der Waals surface area contributed by atoms with Crippen LogP contribution in [-0.2, 0) is 24.1 Å². The zero-order chi connectivity index (χ0) is 18.6. The topological polar surface area (TPSA) is 59.0 Å². The van der Waals surface area contributed by atoms with Gasteiger partial charge in [0.05, 0.1) is 11.3 Å². The van der Waals surface area contributed by atoms with Crippen molar-refractivity contribution in [2.45, 2.75) is 38.0 Å². The summed E-state index contributed by atoms with van der Waals surface area (Å²) in [5, 5.41) is 10.3. The van der Waals surface area contributed by atoms with Crippen molar-refractivity contribution < 1.29 is 18.0 Å². The van der Waals surface area contributed by atoms with Gasteiger partial charge in [0.25, 0.3) is 0 Å². The Labute approximate surface area is 149 Å². The minimum atomic E-state index is -4.44. The van der Waals surface area contributed by atoms with Crippen molar-refractivity contribution in [3.05, 3.63) is 53.3 Å².